The van der Waals surface area contributed by atoms with E-state index in [2.05, 4.69) is 20.8 Å². The Morgan fingerprint density at radius 1 is 0.941 bits per heavy atom. The summed E-state index contributed by atoms with van der Waals surface area (Å²) in [6.07, 6.45) is 9.23. The van der Waals surface area contributed by atoms with Crippen molar-refractivity contribution in [3.63, 3.8) is 0 Å². The minimum atomic E-state index is -2.49. The van der Waals surface area contributed by atoms with Crippen molar-refractivity contribution in [1.29, 1.82) is 0 Å². The summed E-state index contributed by atoms with van der Waals surface area (Å²) in [6, 6.07) is 0. The van der Waals surface area contributed by atoms with Crippen molar-refractivity contribution in [2.24, 2.45) is 0 Å². The van der Waals surface area contributed by atoms with Crippen molar-refractivity contribution < 1.29 is 14.0 Å². The van der Waals surface area contributed by atoms with Gasteiger partial charge in [-0.2, -0.15) is 0 Å². The van der Waals surface area contributed by atoms with Crippen molar-refractivity contribution >= 4 is 8.25 Å². The van der Waals surface area contributed by atoms with Crippen LogP contribution >= 0.6 is 8.25 Å². The van der Waals surface area contributed by atoms with Gasteiger partial charge in [0.15, 0.2) is 0 Å². The van der Waals surface area contributed by atoms with E-state index in [4.69, 9.17) is 9.42 Å². The van der Waals surface area contributed by atoms with Crippen molar-refractivity contribution in [2.45, 2.75) is 84.2 Å². The first kappa shape index (κ1) is 17.0. The molecule has 4 heteroatoms. The third kappa shape index (κ3) is 7.86. The lowest BCUT2D eigenvalue weighted by Gasteiger charge is -2.27. The predicted octanol–water partition coefficient (Wildman–Crippen LogP) is 4.96. The van der Waals surface area contributed by atoms with E-state index in [0.717, 1.165) is 57.8 Å². The quantitative estimate of drug-likeness (QED) is 0.536. The molecule has 0 heterocycles. The van der Waals surface area contributed by atoms with Crippen LogP contribution in [0.2, 0.25) is 0 Å². The third-order valence-electron chi connectivity index (χ3n) is 3.23. The molecule has 0 aliphatic carbocycles. The van der Waals surface area contributed by atoms with Crippen LogP contribution in [0.1, 0.15) is 78.6 Å². The molecule has 0 aliphatic rings. The molecule has 17 heavy (non-hydrogen) atoms. The largest absolute Gasteiger partial charge is 0.695 e. The molecule has 0 saturated heterocycles. The van der Waals surface area contributed by atoms with Gasteiger partial charge in [-0.1, -0.05) is 59.3 Å². The van der Waals surface area contributed by atoms with Crippen molar-refractivity contribution in [2.75, 3.05) is 0 Å². The smallest absolute Gasteiger partial charge is 0.133 e. The zero-order chi connectivity index (χ0) is 13.1. The van der Waals surface area contributed by atoms with E-state index in [-0.39, 0.29) is 5.60 Å². The normalized spacial score (nSPS) is 12.8. The highest BCUT2D eigenvalue weighted by atomic mass is 31.1. The van der Waals surface area contributed by atoms with E-state index in [9.17, 15) is 4.57 Å². The van der Waals surface area contributed by atoms with Crippen molar-refractivity contribution in [3.05, 3.63) is 0 Å². The summed E-state index contributed by atoms with van der Waals surface area (Å²) < 4.78 is 16.4. The molecule has 0 spiro atoms. The van der Waals surface area contributed by atoms with Crippen LogP contribution in [0.4, 0.5) is 0 Å². The van der Waals surface area contributed by atoms with Gasteiger partial charge in [0.25, 0.3) is 0 Å². The van der Waals surface area contributed by atoms with Gasteiger partial charge in [0.2, 0.25) is 0 Å². The van der Waals surface area contributed by atoms with Crippen LogP contribution < -0.4 is 0 Å². The Morgan fingerprint density at radius 3 is 1.53 bits per heavy atom. The average molecular weight is 263 g/mol. The Kier molecular flexibility index (Phi) is 10.0. The maximum Gasteiger partial charge on any atom is 0.695 e. The van der Waals surface area contributed by atoms with E-state index in [1.165, 1.54) is 0 Å². The summed E-state index contributed by atoms with van der Waals surface area (Å²) >= 11 is 0. The molecule has 0 aromatic heterocycles. The molecule has 0 fully saturated rings. The summed E-state index contributed by atoms with van der Waals surface area (Å²) in [6.45, 7) is 6.43. The molecule has 102 valence electrons. The van der Waals surface area contributed by atoms with Gasteiger partial charge in [-0.15, -0.1) is 9.42 Å². The second kappa shape index (κ2) is 9.99. The second-order valence-corrected chi connectivity index (χ2v) is 5.48. The van der Waals surface area contributed by atoms with Crippen LogP contribution in [0.3, 0.4) is 0 Å². The monoisotopic (exact) mass is 263 g/mol. The molecular formula is C13H28O3P+. The van der Waals surface area contributed by atoms with Crippen LogP contribution in [-0.4, -0.2) is 10.5 Å². The Hall–Kier alpha value is 0.0200. The Morgan fingerprint density at radius 2 is 1.29 bits per heavy atom. The van der Waals surface area contributed by atoms with E-state index in [1.807, 2.05) is 0 Å². The van der Waals surface area contributed by atoms with Gasteiger partial charge in [0.1, 0.15) is 5.60 Å². The Bertz CT molecular complexity index is 185. The van der Waals surface area contributed by atoms with Gasteiger partial charge in [0, 0.05) is 4.57 Å². The molecule has 0 rings (SSSR count). The molecule has 0 aromatic rings. The van der Waals surface area contributed by atoms with Gasteiger partial charge >= 0.3 is 8.25 Å². The Labute approximate surface area is 107 Å². The summed E-state index contributed by atoms with van der Waals surface area (Å²) in [5, 5.41) is 0. The SMILES string of the molecule is CCCCC(CCCC)(CCCC)O[P+](=O)O. The Balaban J connectivity index is 4.56. The van der Waals surface area contributed by atoms with Gasteiger partial charge in [-0.3, -0.25) is 0 Å². The molecule has 3 nitrogen and oxygen atoms in total. The summed E-state index contributed by atoms with van der Waals surface area (Å²) in [7, 11) is -2.49. The van der Waals surface area contributed by atoms with Gasteiger partial charge in [-0.25, -0.2) is 0 Å². The molecule has 1 N–H and O–H groups in total. The summed E-state index contributed by atoms with van der Waals surface area (Å²) in [4.78, 5) is 9.07. The van der Waals surface area contributed by atoms with Crippen LogP contribution in [0.5, 0.6) is 0 Å². The van der Waals surface area contributed by atoms with Gasteiger partial charge < -0.3 is 0 Å². The summed E-state index contributed by atoms with van der Waals surface area (Å²) in [5.41, 5.74) is -0.357. The fraction of sp³-hybridized carbons (Fsp3) is 1.00. The standard InChI is InChI=1S/C13H27O3P/c1-4-7-10-13(11-8-5-2,12-9-6-3)16-17(14)15/h4-12H2,1-3H3/p+1. The first-order valence-electron chi connectivity index (χ1n) is 6.95. The van der Waals surface area contributed by atoms with E-state index < -0.39 is 8.25 Å². The van der Waals surface area contributed by atoms with Gasteiger partial charge in [0.05, 0.1) is 0 Å². The van der Waals surface area contributed by atoms with Crippen LogP contribution in [0.15, 0.2) is 0 Å². The predicted molar refractivity (Wildman–Crippen MR) is 72.2 cm³/mol. The molecule has 0 saturated carbocycles. The molecule has 0 aromatic carbocycles. The molecule has 0 bridgehead atoms. The molecule has 1 atom stereocenters. The molecule has 0 radical (unpaired) electrons. The first-order valence-corrected chi connectivity index (χ1v) is 8.08. The van der Waals surface area contributed by atoms with Crippen molar-refractivity contribution in [1.82, 2.24) is 0 Å². The lowest BCUT2D eigenvalue weighted by Crippen LogP contribution is -2.30. The second-order valence-electron chi connectivity index (χ2n) is 4.82. The molecule has 1 unspecified atom stereocenters. The topological polar surface area (TPSA) is 46.5 Å². The fourth-order valence-corrected chi connectivity index (χ4v) is 2.78. The lowest BCUT2D eigenvalue weighted by atomic mass is 9.86. The molecule has 0 amide bonds. The molecule has 0 aliphatic heterocycles. The number of rotatable bonds is 11. The summed E-state index contributed by atoms with van der Waals surface area (Å²) in [5.74, 6) is 0. The highest BCUT2D eigenvalue weighted by Crippen LogP contribution is 2.38. The van der Waals surface area contributed by atoms with E-state index >= 15 is 0 Å². The number of hydrogen-bond acceptors (Lipinski definition) is 2. The number of hydrogen-bond donors (Lipinski definition) is 1. The van der Waals surface area contributed by atoms with E-state index in [0.29, 0.717) is 0 Å². The average Bonchev–Trinajstić information content (AvgIpc) is 2.30. The first-order chi connectivity index (χ1) is 8.10. The zero-order valence-electron chi connectivity index (χ0n) is 11.6. The van der Waals surface area contributed by atoms with Crippen LogP contribution in [-0.2, 0) is 9.09 Å². The third-order valence-corrected chi connectivity index (χ3v) is 3.77. The number of unbranched alkanes of at least 4 members (excludes halogenated alkanes) is 3. The van der Waals surface area contributed by atoms with Crippen molar-refractivity contribution in [3.8, 4) is 0 Å². The van der Waals surface area contributed by atoms with Crippen LogP contribution in [0.25, 0.3) is 0 Å². The highest BCUT2D eigenvalue weighted by molar-refractivity contribution is 7.32. The minimum Gasteiger partial charge on any atom is -0.133 e. The minimum absolute atomic E-state index is 0.357. The maximum absolute atomic E-state index is 11.0. The zero-order valence-corrected chi connectivity index (χ0v) is 12.5. The highest BCUT2D eigenvalue weighted by Gasteiger charge is 2.38. The van der Waals surface area contributed by atoms with Crippen LogP contribution in [0, 0.1) is 0 Å². The fourth-order valence-electron chi connectivity index (χ4n) is 2.17. The lowest BCUT2D eigenvalue weighted by molar-refractivity contribution is 0.0320. The van der Waals surface area contributed by atoms with Gasteiger partial charge in [-0.05, 0) is 19.3 Å². The van der Waals surface area contributed by atoms with E-state index in [1.54, 1.807) is 0 Å². The maximum atomic E-state index is 11.0. The molecular weight excluding hydrogens is 235 g/mol.